The molecule has 29 heavy (non-hydrogen) atoms. The average molecular weight is 402 g/mol. The highest BCUT2D eigenvalue weighted by atomic mass is 16.6. The molecule has 0 aliphatic carbocycles. The molecule has 0 fully saturated rings. The predicted molar refractivity (Wildman–Crippen MR) is 114 cm³/mol. The van der Waals surface area contributed by atoms with E-state index in [1.54, 1.807) is 0 Å². The van der Waals surface area contributed by atoms with E-state index in [1.165, 1.54) is 6.07 Å². The van der Waals surface area contributed by atoms with Crippen LogP contribution in [0.1, 0.15) is 74.4 Å². The van der Waals surface area contributed by atoms with E-state index in [9.17, 15) is 15.0 Å². The highest BCUT2D eigenvalue weighted by Crippen LogP contribution is 2.38. The molecule has 0 radical (unpaired) electrons. The second kappa shape index (κ2) is 10.7. The summed E-state index contributed by atoms with van der Waals surface area (Å²) in [6, 6.07) is 1.21. The Morgan fingerprint density at radius 2 is 1.93 bits per heavy atom. The fraction of sp³-hybridized carbons (Fsp3) is 0.478. The molecule has 1 aliphatic heterocycles. The van der Waals surface area contributed by atoms with Crippen molar-refractivity contribution in [2.24, 2.45) is 5.16 Å². The summed E-state index contributed by atoms with van der Waals surface area (Å²) in [5.41, 5.74) is 1.76. The molecule has 0 unspecified atom stereocenters. The first-order valence-corrected chi connectivity index (χ1v) is 10.1. The first kappa shape index (κ1) is 22.5. The van der Waals surface area contributed by atoms with Crippen molar-refractivity contribution in [1.82, 2.24) is 0 Å². The Morgan fingerprint density at radius 1 is 1.21 bits per heavy atom. The Balaban J connectivity index is 2.65. The van der Waals surface area contributed by atoms with Crippen LogP contribution in [0.5, 0.6) is 11.5 Å². The van der Waals surface area contributed by atoms with Gasteiger partial charge in [-0.2, -0.15) is 0 Å². The van der Waals surface area contributed by atoms with Crippen molar-refractivity contribution >= 4 is 11.7 Å². The van der Waals surface area contributed by atoms with Gasteiger partial charge in [-0.1, -0.05) is 37.2 Å². The van der Waals surface area contributed by atoms with Gasteiger partial charge in [-0.05, 0) is 44.2 Å². The van der Waals surface area contributed by atoms with Crippen LogP contribution in [0.2, 0.25) is 0 Å². The Kier molecular flexibility index (Phi) is 8.31. The van der Waals surface area contributed by atoms with Gasteiger partial charge >= 0.3 is 5.97 Å². The molecule has 158 valence electrons. The van der Waals surface area contributed by atoms with Gasteiger partial charge in [0, 0.05) is 24.5 Å². The van der Waals surface area contributed by atoms with Crippen LogP contribution in [-0.4, -0.2) is 34.6 Å². The van der Waals surface area contributed by atoms with Gasteiger partial charge < -0.3 is 19.8 Å². The molecule has 0 bridgehead atoms. The number of carbonyl (C=O) groups excluding carboxylic acids is 1. The number of aromatic hydroxyl groups is 2. The monoisotopic (exact) mass is 401 g/mol. The molecule has 2 N–H and O–H groups in total. The molecule has 6 nitrogen and oxygen atoms in total. The van der Waals surface area contributed by atoms with E-state index in [-0.39, 0.29) is 35.5 Å². The third-order valence-corrected chi connectivity index (χ3v) is 4.64. The van der Waals surface area contributed by atoms with Crippen molar-refractivity contribution in [3.63, 3.8) is 0 Å². The van der Waals surface area contributed by atoms with E-state index in [1.807, 2.05) is 45.9 Å². The Morgan fingerprint density at radius 3 is 2.62 bits per heavy atom. The summed E-state index contributed by atoms with van der Waals surface area (Å²) >= 11 is 0. The first-order chi connectivity index (χ1) is 13.8. The van der Waals surface area contributed by atoms with E-state index in [0.717, 1.165) is 12.8 Å². The highest BCUT2D eigenvalue weighted by molar-refractivity contribution is 6.01. The molecule has 2 rings (SSSR count). The zero-order chi connectivity index (χ0) is 21.4. The SMILES string of the molecule is CCO/N=C1/C=C/CC/C=C/C[C@@H](C)OC(=O)c2c(O)cc(O)c(C(C)C)c2C1. The molecule has 1 aromatic carbocycles. The first-order valence-electron chi connectivity index (χ1n) is 10.1. The summed E-state index contributed by atoms with van der Waals surface area (Å²) in [7, 11) is 0. The lowest BCUT2D eigenvalue weighted by molar-refractivity contribution is 0.0343. The quantitative estimate of drug-likeness (QED) is 0.423. The second-order valence-corrected chi connectivity index (χ2v) is 7.42. The van der Waals surface area contributed by atoms with Crippen LogP contribution in [0.4, 0.5) is 0 Å². The number of phenols is 2. The van der Waals surface area contributed by atoms with Crippen molar-refractivity contribution in [2.45, 2.75) is 65.4 Å². The number of nitrogens with zero attached hydrogens (tertiary/aromatic N) is 1. The Hall–Kier alpha value is -2.76. The van der Waals surface area contributed by atoms with Crippen molar-refractivity contribution in [3.05, 3.63) is 47.1 Å². The lowest BCUT2D eigenvalue weighted by Crippen LogP contribution is -2.19. The van der Waals surface area contributed by atoms with Crippen LogP contribution in [0.25, 0.3) is 0 Å². The smallest absolute Gasteiger partial charge is 0.342 e. The molecular weight excluding hydrogens is 370 g/mol. The van der Waals surface area contributed by atoms with Crippen LogP contribution < -0.4 is 0 Å². The minimum Gasteiger partial charge on any atom is -0.508 e. The number of cyclic esters (lactones) is 1. The van der Waals surface area contributed by atoms with Gasteiger partial charge in [-0.3, -0.25) is 0 Å². The topological polar surface area (TPSA) is 88.4 Å². The van der Waals surface area contributed by atoms with Gasteiger partial charge in [0.25, 0.3) is 0 Å². The fourth-order valence-corrected chi connectivity index (χ4v) is 3.34. The molecule has 0 amide bonds. The normalized spacial score (nSPS) is 21.9. The summed E-state index contributed by atoms with van der Waals surface area (Å²) in [4.78, 5) is 18.2. The molecule has 1 heterocycles. The van der Waals surface area contributed by atoms with E-state index < -0.39 is 5.97 Å². The molecule has 0 saturated carbocycles. The molecule has 0 saturated heterocycles. The van der Waals surface area contributed by atoms with Gasteiger partial charge in [0.1, 0.15) is 29.8 Å². The van der Waals surface area contributed by atoms with Crippen molar-refractivity contribution < 1.29 is 24.6 Å². The van der Waals surface area contributed by atoms with Gasteiger partial charge in [-0.15, -0.1) is 0 Å². The Bertz CT molecular complexity index is 808. The highest BCUT2D eigenvalue weighted by Gasteiger charge is 2.27. The summed E-state index contributed by atoms with van der Waals surface area (Å²) in [6.07, 6.45) is 10.1. The molecule has 6 heteroatoms. The van der Waals surface area contributed by atoms with E-state index in [2.05, 4.69) is 11.2 Å². The van der Waals surface area contributed by atoms with Crippen molar-refractivity contribution in [3.8, 4) is 11.5 Å². The van der Waals surface area contributed by atoms with E-state index in [4.69, 9.17) is 9.57 Å². The maximum absolute atomic E-state index is 12.9. The summed E-state index contributed by atoms with van der Waals surface area (Å²) in [6.45, 7) is 7.91. The van der Waals surface area contributed by atoms with Crippen molar-refractivity contribution in [1.29, 1.82) is 0 Å². The molecule has 1 aromatic rings. The molecule has 1 aliphatic rings. The molecule has 0 aromatic heterocycles. The maximum atomic E-state index is 12.9. The average Bonchev–Trinajstić information content (AvgIpc) is 2.63. The van der Waals surface area contributed by atoms with Crippen LogP contribution in [-0.2, 0) is 16.0 Å². The predicted octanol–water partition coefficient (Wildman–Crippen LogP) is 5.00. The standard InChI is InChI=1S/C23H31NO5/c1-5-28-24-17-12-10-8-6-7-9-11-16(4)29-23(27)22-18(13-17)21(15(2)3)19(25)14-20(22)26/h7,9-10,12,14-16,25-26H,5-6,8,11,13H2,1-4H3/b9-7+,12-10+,24-17-/t16-/m1/s1. The number of benzene rings is 1. The van der Waals surface area contributed by atoms with Crippen LogP contribution in [0.15, 0.2) is 35.5 Å². The van der Waals surface area contributed by atoms with Gasteiger partial charge in [0.2, 0.25) is 0 Å². The van der Waals surface area contributed by atoms with Gasteiger partial charge in [-0.25, -0.2) is 4.79 Å². The van der Waals surface area contributed by atoms with Crippen LogP contribution >= 0.6 is 0 Å². The molecule has 1 atom stereocenters. The molecule has 0 spiro atoms. The number of rotatable bonds is 3. The Labute approximate surface area is 172 Å². The number of esters is 1. The number of hydrogen-bond donors (Lipinski definition) is 2. The summed E-state index contributed by atoms with van der Waals surface area (Å²) in [5.74, 6) is -1.05. The summed E-state index contributed by atoms with van der Waals surface area (Å²) < 4.78 is 5.57. The minimum atomic E-state index is -0.614. The van der Waals surface area contributed by atoms with E-state index >= 15 is 0 Å². The fourth-order valence-electron chi connectivity index (χ4n) is 3.34. The number of carbonyl (C=O) groups is 1. The largest absolute Gasteiger partial charge is 0.508 e. The molecular formula is C23H31NO5. The van der Waals surface area contributed by atoms with E-state index in [0.29, 0.717) is 29.9 Å². The van der Waals surface area contributed by atoms with Gasteiger partial charge in [0.05, 0.1) is 5.71 Å². The lowest BCUT2D eigenvalue weighted by atomic mass is 9.88. The van der Waals surface area contributed by atoms with Crippen molar-refractivity contribution in [2.75, 3.05) is 6.61 Å². The zero-order valence-corrected chi connectivity index (χ0v) is 17.6. The lowest BCUT2D eigenvalue weighted by Gasteiger charge is -2.21. The zero-order valence-electron chi connectivity index (χ0n) is 17.6. The van der Waals surface area contributed by atoms with Crippen LogP contribution in [0, 0.1) is 0 Å². The third-order valence-electron chi connectivity index (χ3n) is 4.64. The van der Waals surface area contributed by atoms with Gasteiger partial charge in [0.15, 0.2) is 0 Å². The number of fused-ring (bicyclic) bond motifs is 1. The van der Waals surface area contributed by atoms with Crippen LogP contribution in [0.3, 0.4) is 0 Å². The minimum absolute atomic E-state index is 0.0547. The maximum Gasteiger partial charge on any atom is 0.342 e. The number of allylic oxidation sites excluding steroid dienone is 3. The number of oxime groups is 1. The number of phenolic OH excluding ortho intramolecular Hbond substituents is 2. The second-order valence-electron chi connectivity index (χ2n) is 7.42. The number of ether oxygens (including phenoxy) is 1. The summed E-state index contributed by atoms with van der Waals surface area (Å²) in [5, 5.41) is 25.1. The third kappa shape index (κ3) is 6.11. The number of hydrogen-bond acceptors (Lipinski definition) is 6.